The Morgan fingerprint density at radius 1 is 1.45 bits per heavy atom. The highest BCUT2D eigenvalue weighted by Gasteiger charge is 2.19. The summed E-state index contributed by atoms with van der Waals surface area (Å²) in [6, 6.07) is 3.47. The highest BCUT2D eigenvalue weighted by molar-refractivity contribution is 7.93. The summed E-state index contributed by atoms with van der Waals surface area (Å²) in [5.74, 6) is -1.29. The molecule has 9 heteroatoms. The molecule has 2 rings (SSSR count). The minimum atomic E-state index is -3.90. The van der Waals surface area contributed by atoms with E-state index >= 15 is 0 Å². The Hall–Kier alpha value is -1.64. The van der Waals surface area contributed by atoms with Gasteiger partial charge in [-0.05, 0) is 25.1 Å². The molecule has 1 heterocycles. The number of carboxylic acids is 1. The van der Waals surface area contributed by atoms with E-state index in [1.807, 2.05) is 0 Å². The fourth-order valence-corrected chi connectivity index (χ4v) is 3.58. The van der Waals surface area contributed by atoms with Crippen molar-refractivity contribution in [1.82, 2.24) is 4.98 Å². The molecule has 0 radical (unpaired) electrons. The molecule has 106 valence electrons. The lowest BCUT2D eigenvalue weighted by Gasteiger charge is -2.07. The van der Waals surface area contributed by atoms with Crippen LogP contribution >= 0.6 is 22.9 Å². The van der Waals surface area contributed by atoms with E-state index < -0.39 is 16.0 Å². The zero-order valence-electron chi connectivity index (χ0n) is 10.1. The van der Waals surface area contributed by atoms with Gasteiger partial charge < -0.3 is 5.11 Å². The summed E-state index contributed by atoms with van der Waals surface area (Å²) in [6.07, 6.45) is 0. The molecular formula is C11H9ClN2O4S2. The number of nitrogens with zero attached hydrogens (tertiary/aromatic N) is 1. The van der Waals surface area contributed by atoms with Crippen LogP contribution in [0, 0.1) is 6.92 Å². The van der Waals surface area contributed by atoms with Gasteiger partial charge in [0.1, 0.15) is 0 Å². The minimum Gasteiger partial charge on any atom is -0.478 e. The molecule has 0 saturated carbocycles. The molecule has 0 aliphatic heterocycles. The van der Waals surface area contributed by atoms with Crippen LogP contribution in [0.15, 0.2) is 28.5 Å². The fraction of sp³-hybridized carbons (Fsp3) is 0.0909. The van der Waals surface area contributed by atoms with Gasteiger partial charge in [0.05, 0.1) is 21.2 Å². The molecule has 0 amide bonds. The summed E-state index contributed by atoms with van der Waals surface area (Å²) in [6.45, 7) is 1.74. The predicted molar refractivity (Wildman–Crippen MR) is 76.1 cm³/mol. The van der Waals surface area contributed by atoms with Gasteiger partial charge >= 0.3 is 5.97 Å². The van der Waals surface area contributed by atoms with Gasteiger partial charge in [0.25, 0.3) is 10.0 Å². The molecule has 0 unspecified atom stereocenters. The number of hydrogen-bond donors (Lipinski definition) is 2. The lowest BCUT2D eigenvalue weighted by Crippen LogP contribution is -2.13. The number of aryl methyl sites for hydroxylation is 1. The predicted octanol–water partition coefficient (Wildman–Crippen LogP) is 2.60. The topological polar surface area (TPSA) is 96.4 Å². The van der Waals surface area contributed by atoms with Crippen molar-refractivity contribution >= 4 is 44.1 Å². The fourth-order valence-electron chi connectivity index (χ4n) is 1.41. The van der Waals surface area contributed by atoms with Gasteiger partial charge in [0, 0.05) is 5.38 Å². The monoisotopic (exact) mass is 332 g/mol. The van der Waals surface area contributed by atoms with Crippen molar-refractivity contribution in [2.45, 2.75) is 11.8 Å². The number of thiazole rings is 1. The number of sulfonamides is 1. The van der Waals surface area contributed by atoms with E-state index in [2.05, 4.69) is 9.71 Å². The molecule has 0 spiro atoms. The van der Waals surface area contributed by atoms with Crippen molar-refractivity contribution in [3.63, 3.8) is 0 Å². The third kappa shape index (κ3) is 3.09. The average molecular weight is 333 g/mol. The number of nitrogens with one attached hydrogen (secondary N) is 1. The zero-order valence-corrected chi connectivity index (χ0v) is 12.5. The normalized spacial score (nSPS) is 11.3. The van der Waals surface area contributed by atoms with E-state index in [1.54, 1.807) is 12.3 Å². The van der Waals surface area contributed by atoms with Gasteiger partial charge in [-0.1, -0.05) is 11.6 Å². The zero-order chi connectivity index (χ0) is 14.9. The Labute approximate surface area is 124 Å². The van der Waals surface area contributed by atoms with Crippen molar-refractivity contribution in [2.24, 2.45) is 0 Å². The largest absolute Gasteiger partial charge is 0.478 e. The number of aromatic nitrogens is 1. The highest BCUT2D eigenvalue weighted by Crippen LogP contribution is 2.23. The number of aromatic carboxylic acids is 1. The third-order valence-corrected chi connectivity index (χ3v) is 4.99. The molecule has 2 N–H and O–H groups in total. The second-order valence-electron chi connectivity index (χ2n) is 3.85. The van der Waals surface area contributed by atoms with Crippen LogP contribution in [-0.4, -0.2) is 24.5 Å². The van der Waals surface area contributed by atoms with E-state index in [9.17, 15) is 13.2 Å². The summed E-state index contributed by atoms with van der Waals surface area (Å²) in [4.78, 5) is 14.7. The van der Waals surface area contributed by atoms with Crippen LogP contribution in [0.3, 0.4) is 0 Å². The summed E-state index contributed by atoms with van der Waals surface area (Å²) in [5.41, 5.74) is 0.417. The number of halogens is 1. The van der Waals surface area contributed by atoms with Gasteiger partial charge in [-0.25, -0.2) is 18.2 Å². The molecule has 0 aliphatic rings. The van der Waals surface area contributed by atoms with Gasteiger partial charge in [0.2, 0.25) is 0 Å². The van der Waals surface area contributed by atoms with Gasteiger partial charge in [-0.15, -0.1) is 11.3 Å². The first kappa shape index (κ1) is 14.8. The standard InChI is InChI=1S/C11H9ClN2O4S2/c1-6-5-19-11(13-6)14-20(17,18)7-2-3-9(12)8(4-7)10(15)16/h2-5H,1H3,(H,13,14)(H,15,16). The number of carbonyl (C=O) groups is 1. The van der Waals surface area contributed by atoms with Crippen molar-refractivity contribution in [3.8, 4) is 0 Å². The molecule has 0 atom stereocenters. The Balaban J connectivity index is 2.39. The van der Waals surface area contributed by atoms with Crippen LogP contribution in [0.1, 0.15) is 16.1 Å². The van der Waals surface area contributed by atoms with E-state index in [4.69, 9.17) is 16.7 Å². The molecule has 0 aliphatic carbocycles. The maximum Gasteiger partial charge on any atom is 0.337 e. The first-order valence-electron chi connectivity index (χ1n) is 5.27. The minimum absolute atomic E-state index is 0.0263. The average Bonchev–Trinajstić information content (AvgIpc) is 2.73. The molecule has 0 saturated heterocycles. The Bertz CT molecular complexity index is 770. The van der Waals surface area contributed by atoms with Crippen molar-refractivity contribution in [2.75, 3.05) is 4.72 Å². The Morgan fingerprint density at radius 2 is 2.15 bits per heavy atom. The lowest BCUT2D eigenvalue weighted by molar-refractivity contribution is 0.0697. The molecule has 6 nitrogen and oxygen atoms in total. The van der Waals surface area contributed by atoms with Crippen LogP contribution in [0.25, 0.3) is 0 Å². The maximum atomic E-state index is 12.1. The van der Waals surface area contributed by atoms with Gasteiger partial charge in [-0.3, -0.25) is 4.72 Å². The van der Waals surface area contributed by atoms with E-state index in [0.29, 0.717) is 5.69 Å². The number of hydrogen-bond acceptors (Lipinski definition) is 5. The second-order valence-corrected chi connectivity index (χ2v) is 6.79. The smallest absolute Gasteiger partial charge is 0.337 e. The second kappa shape index (κ2) is 5.39. The highest BCUT2D eigenvalue weighted by atomic mass is 35.5. The summed E-state index contributed by atoms with van der Waals surface area (Å²) < 4.78 is 26.5. The summed E-state index contributed by atoms with van der Waals surface area (Å²) in [7, 11) is -3.90. The maximum absolute atomic E-state index is 12.1. The molecular weight excluding hydrogens is 324 g/mol. The van der Waals surface area contributed by atoms with Gasteiger partial charge in [0.15, 0.2) is 5.13 Å². The number of anilines is 1. The van der Waals surface area contributed by atoms with Crippen molar-refractivity contribution < 1.29 is 18.3 Å². The molecule has 1 aromatic heterocycles. The molecule has 0 fully saturated rings. The lowest BCUT2D eigenvalue weighted by atomic mass is 10.2. The summed E-state index contributed by atoms with van der Waals surface area (Å²) in [5, 5.41) is 10.8. The van der Waals surface area contributed by atoms with Crippen LogP contribution in [0.4, 0.5) is 5.13 Å². The van der Waals surface area contributed by atoms with Crippen LogP contribution in [0.2, 0.25) is 5.02 Å². The van der Waals surface area contributed by atoms with Crippen LogP contribution in [-0.2, 0) is 10.0 Å². The van der Waals surface area contributed by atoms with E-state index in [1.165, 1.54) is 12.1 Å². The van der Waals surface area contributed by atoms with Gasteiger partial charge in [-0.2, -0.15) is 0 Å². The van der Waals surface area contributed by atoms with E-state index in [-0.39, 0.29) is 20.6 Å². The van der Waals surface area contributed by atoms with Crippen molar-refractivity contribution in [1.29, 1.82) is 0 Å². The van der Waals surface area contributed by atoms with Crippen LogP contribution in [0.5, 0.6) is 0 Å². The Morgan fingerprint density at radius 3 is 2.70 bits per heavy atom. The number of carboxylic acid groups (broad SMARTS) is 1. The summed E-state index contributed by atoms with van der Waals surface area (Å²) >= 11 is 6.84. The SMILES string of the molecule is Cc1csc(NS(=O)(=O)c2ccc(Cl)c(C(=O)O)c2)n1. The first-order valence-corrected chi connectivity index (χ1v) is 8.01. The number of rotatable bonds is 4. The molecule has 0 bridgehead atoms. The van der Waals surface area contributed by atoms with Crippen LogP contribution < -0.4 is 4.72 Å². The number of benzene rings is 1. The third-order valence-electron chi connectivity index (χ3n) is 2.32. The molecule has 20 heavy (non-hydrogen) atoms. The first-order chi connectivity index (χ1) is 9.29. The van der Waals surface area contributed by atoms with Crippen molar-refractivity contribution in [3.05, 3.63) is 39.9 Å². The quantitative estimate of drug-likeness (QED) is 0.897. The Kier molecular flexibility index (Phi) is 3.98. The van der Waals surface area contributed by atoms with E-state index in [0.717, 1.165) is 17.4 Å². The molecule has 2 aromatic rings. The molecule has 1 aromatic carbocycles.